The first-order valence-corrected chi connectivity index (χ1v) is 10.4. The number of carbonyl (C=O) groups is 3. The van der Waals surface area contributed by atoms with Gasteiger partial charge in [-0.15, -0.1) is 11.8 Å². The Labute approximate surface area is 163 Å². The quantitative estimate of drug-likeness (QED) is 0.699. The predicted molar refractivity (Wildman–Crippen MR) is 104 cm³/mol. The fourth-order valence-corrected chi connectivity index (χ4v) is 4.17. The molecule has 7 heteroatoms. The summed E-state index contributed by atoms with van der Waals surface area (Å²) in [5.41, 5.74) is 0.509. The summed E-state index contributed by atoms with van der Waals surface area (Å²) < 4.78 is 0. The Hall–Kier alpha value is -2.02. The molecule has 1 aliphatic heterocycles. The van der Waals surface area contributed by atoms with Gasteiger partial charge in [-0.1, -0.05) is 12.1 Å². The first-order chi connectivity index (χ1) is 13.0. The maximum absolute atomic E-state index is 13.0. The number of amides is 2. The highest BCUT2D eigenvalue weighted by Gasteiger charge is 2.31. The van der Waals surface area contributed by atoms with Gasteiger partial charge >= 0.3 is 5.97 Å². The van der Waals surface area contributed by atoms with Crippen LogP contribution < -0.4 is 5.32 Å². The van der Waals surface area contributed by atoms with Crippen LogP contribution in [0, 0.1) is 11.8 Å². The van der Waals surface area contributed by atoms with Gasteiger partial charge in [0, 0.05) is 24.5 Å². The van der Waals surface area contributed by atoms with Crippen molar-refractivity contribution in [1.29, 1.82) is 0 Å². The number of nitrogens with zero attached hydrogens (tertiary/aromatic N) is 1. The minimum absolute atomic E-state index is 0.0431. The van der Waals surface area contributed by atoms with Gasteiger partial charge < -0.3 is 15.3 Å². The molecule has 1 saturated carbocycles. The first-order valence-electron chi connectivity index (χ1n) is 9.51. The number of benzene rings is 1. The van der Waals surface area contributed by atoms with Crippen LogP contribution in [0.3, 0.4) is 0 Å². The molecule has 0 bridgehead atoms. The Morgan fingerprint density at radius 1 is 1.26 bits per heavy atom. The molecule has 2 N–H and O–H groups in total. The molecule has 2 atom stereocenters. The van der Waals surface area contributed by atoms with Gasteiger partial charge in [0.2, 0.25) is 5.91 Å². The molecule has 6 nitrogen and oxygen atoms in total. The van der Waals surface area contributed by atoms with Crippen molar-refractivity contribution in [3.05, 3.63) is 29.8 Å². The normalized spacial score (nSPS) is 20.8. The number of carbonyl (C=O) groups excluding carboxylic acids is 2. The smallest absolute Gasteiger partial charge is 0.316 e. The minimum Gasteiger partial charge on any atom is -0.480 e. The molecule has 1 saturated heterocycles. The molecule has 3 rings (SSSR count). The third kappa shape index (κ3) is 5.25. The number of piperidine rings is 1. The van der Waals surface area contributed by atoms with Gasteiger partial charge in [-0.3, -0.25) is 14.4 Å². The Morgan fingerprint density at radius 2 is 2.00 bits per heavy atom. The van der Waals surface area contributed by atoms with Crippen LogP contribution in [0.4, 0.5) is 0 Å². The number of nitrogens with one attached hydrogen (secondary N) is 1. The molecule has 2 unspecified atom stereocenters. The van der Waals surface area contributed by atoms with E-state index in [4.69, 9.17) is 5.11 Å². The summed E-state index contributed by atoms with van der Waals surface area (Å²) in [7, 11) is 0. The van der Waals surface area contributed by atoms with Crippen molar-refractivity contribution in [1.82, 2.24) is 10.2 Å². The summed E-state index contributed by atoms with van der Waals surface area (Å²) in [6.07, 6.45) is 3.98. The van der Waals surface area contributed by atoms with E-state index in [0.29, 0.717) is 29.5 Å². The molecule has 1 heterocycles. The van der Waals surface area contributed by atoms with Crippen molar-refractivity contribution in [2.45, 2.75) is 42.8 Å². The van der Waals surface area contributed by atoms with E-state index < -0.39 is 11.2 Å². The second kappa shape index (κ2) is 8.78. The SMILES string of the molecule is CC(Sc1ccccc1C(=O)N1CCCC(C(=O)NCC2CC2)C1)C(=O)O. The monoisotopic (exact) mass is 390 g/mol. The van der Waals surface area contributed by atoms with Crippen LogP contribution >= 0.6 is 11.8 Å². The third-order valence-electron chi connectivity index (χ3n) is 5.11. The van der Waals surface area contributed by atoms with Gasteiger partial charge in [0.05, 0.1) is 11.5 Å². The average Bonchev–Trinajstić information content (AvgIpc) is 3.50. The van der Waals surface area contributed by atoms with Gasteiger partial charge in [-0.25, -0.2) is 0 Å². The molecular formula is C20H26N2O4S. The van der Waals surface area contributed by atoms with Crippen molar-refractivity contribution in [2.75, 3.05) is 19.6 Å². The molecular weight excluding hydrogens is 364 g/mol. The van der Waals surface area contributed by atoms with Crippen molar-refractivity contribution in [3.63, 3.8) is 0 Å². The van der Waals surface area contributed by atoms with Crippen molar-refractivity contribution in [2.24, 2.45) is 11.8 Å². The van der Waals surface area contributed by atoms with Gasteiger partial charge in [0.1, 0.15) is 5.25 Å². The molecule has 0 radical (unpaired) electrons. The Kier molecular flexibility index (Phi) is 6.42. The maximum Gasteiger partial charge on any atom is 0.316 e. The summed E-state index contributed by atoms with van der Waals surface area (Å²) >= 11 is 1.17. The summed E-state index contributed by atoms with van der Waals surface area (Å²) in [6, 6.07) is 7.10. The summed E-state index contributed by atoms with van der Waals surface area (Å²) in [4.78, 5) is 39.0. The Balaban J connectivity index is 1.66. The molecule has 1 aromatic rings. The summed E-state index contributed by atoms with van der Waals surface area (Å²) in [5, 5.41) is 11.5. The zero-order chi connectivity index (χ0) is 19.4. The lowest BCUT2D eigenvalue weighted by Gasteiger charge is -2.32. The van der Waals surface area contributed by atoms with E-state index in [0.717, 1.165) is 19.4 Å². The number of rotatable bonds is 7. The zero-order valence-corrected chi connectivity index (χ0v) is 16.3. The molecule has 1 aromatic carbocycles. The van der Waals surface area contributed by atoms with Gasteiger partial charge in [0.15, 0.2) is 0 Å². The lowest BCUT2D eigenvalue weighted by atomic mass is 9.96. The highest BCUT2D eigenvalue weighted by molar-refractivity contribution is 8.00. The number of hydrogen-bond donors (Lipinski definition) is 2. The highest BCUT2D eigenvalue weighted by Crippen LogP contribution is 2.30. The first kappa shape index (κ1) is 19.7. The number of carboxylic acid groups (broad SMARTS) is 1. The topological polar surface area (TPSA) is 86.7 Å². The van der Waals surface area contributed by atoms with E-state index in [9.17, 15) is 14.4 Å². The molecule has 0 aromatic heterocycles. The molecule has 27 heavy (non-hydrogen) atoms. The highest BCUT2D eigenvalue weighted by atomic mass is 32.2. The van der Waals surface area contributed by atoms with E-state index in [1.807, 2.05) is 0 Å². The van der Waals surface area contributed by atoms with Crippen LogP contribution in [0.5, 0.6) is 0 Å². The number of thioether (sulfide) groups is 1. The Morgan fingerprint density at radius 3 is 2.70 bits per heavy atom. The molecule has 1 aliphatic carbocycles. The van der Waals surface area contributed by atoms with Crippen molar-refractivity contribution in [3.8, 4) is 0 Å². The van der Waals surface area contributed by atoms with E-state index >= 15 is 0 Å². The van der Waals surface area contributed by atoms with Gasteiger partial charge in [0.25, 0.3) is 5.91 Å². The minimum atomic E-state index is -0.910. The maximum atomic E-state index is 13.0. The standard InChI is InChI=1S/C20H26N2O4S/c1-13(20(25)26)27-17-7-3-2-6-16(17)19(24)22-10-4-5-15(12-22)18(23)21-11-14-8-9-14/h2-3,6-7,13-15H,4-5,8-12H2,1H3,(H,21,23)(H,25,26). The molecule has 2 fully saturated rings. The zero-order valence-electron chi connectivity index (χ0n) is 15.5. The van der Waals surface area contributed by atoms with Crippen molar-refractivity contribution < 1.29 is 19.5 Å². The number of carboxylic acids is 1. The van der Waals surface area contributed by atoms with Crippen LogP contribution in [0.1, 0.15) is 43.0 Å². The fourth-order valence-electron chi connectivity index (χ4n) is 3.24. The van der Waals surface area contributed by atoms with E-state index in [1.165, 1.54) is 24.6 Å². The largest absolute Gasteiger partial charge is 0.480 e. The van der Waals surface area contributed by atoms with E-state index in [1.54, 1.807) is 36.1 Å². The molecule has 2 aliphatic rings. The van der Waals surface area contributed by atoms with Crippen LogP contribution in [-0.4, -0.2) is 52.7 Å². The number of likely N-dealkylation sites (tertiary alicyclic amines) is 1. The van der Waals surface area contributed by atoms with Gasteiger partial charge in [-0.05, 0) is 50.7 Å². The molecule has 0 spiro atoms. The second-order valence-corrected chi connectivity index (χ2v) is 8.76. The van der Waals surface area contributed by atoms with Crippen LogP contribution in [-0.2, 0) is 9.59 Å². The van der Waals surface area contributed by atoms with Crippen molar-refractivity contribution >= 4 is 29.5 Å². The average molecular weight is 391 g/mol. The predicted octanol–water partition coefficient (Wildman–Crippen LogP) is 2.63. The van der Waals surface area contributed by atoms with Crippen LogP contribution in [0.15, 0.2) is 29.2 Å². The Bertz CT molecular complexity index is 720. The lowest BCUT2D eigenvalue weighted by molar-refractivity contribution is -0.136. The molecule has 146 valence electrons. The number of aliphatic carboxylic acids is 1. The van der Waals surface area contributed by atoms with E-state index in [2.05, 4.69) is 5.32 Å². The number of hydrogen-bond acceptors (Lipinski definition) is 4. The van der Waals surface area contributed by atoms with Gasteiger partial charge in [-0.2, -0.15) is 0 Å². The lowest BCUT2D eigenvalue weighted by Crippen LogP contribution is -2.45. The molecule has 2 amide bonds. The third-order valence-corrected chi connectivity index (χ3v) is 6.28. The fraction of sp³-hybridized carbons (Fsp3) is 0.550. The van der Waals surface area contributed by atoms with Crippen LogP contribution in [0.2, 0.25) is 0 Å². The second-order valence-electron chi connectivity index (χ2n) is 7.37. The summed E-state index contributed by atoms with van der Waals surface area (Å²) in [5.74, 6) is -0.529. The van der Waals surface area contributed by atoms with E-state index in [-0.39, 0.29) is 17.7 Å². The summed E-state index contributed by atoms with van der Waals surface area (Å²) in [6.45, 7) is 3.40. The van der Waals surface area contributed by atoms with Crippen LogP contribution in [0.25, 0.3) is 0 Å².